The number of anilines is 1. The fraction of sp³-hybridized carbons (Fsp3) is 0.447. The van der Waals surface area contributed by atoms with Crippen molar-refractivity contribution in [1.82, 2.24) is 34.4 Å². The number of rotatable bonds is 18. The van der Waals surface area contributed by atoms with E-state index in [1.54, 1.807) is 65.3 Å². The molecule has 2 atom stereocenters. The number of carbonyl (C=O) groups excluding carboxylic acids is 4. The molecule has 0 bridgehead atoms. The monoisotopic (exact) mass is 850 g/mol. The van der Waals surface area contributed by atoms with Gasteiger partial charge in [-0.25, -0.2) is 14.2 Å². The van der Waals surface area contributed by atoms with Crippen LogP contribution in [0.4, 0.5) is 9.93 Å². The number of pyridine rings is 1. The number of methoxy groups -OCH3 is 1. The summed E-state index contributed by atoms with van der Waals surface area (Å²) in [5.41, 5.74) is 7.69. The second-order valence-corrected chi connectivity index (χ2v) is 16.2. The number of aromatic nitrogens is 5. The van der Waals surface area contributed by atoms with Gasteiger partial charge in [0.05, 0.1) is 20.2 Å². The molecule has 5 heterocycles. The van der Waals surface area contributed by atoms with Crippen LogP contribution < -0.4 is 31.0 Å². The average molecular weight is 851 g/mol. The standard InChI is InChI=1S/C38H47N11O8S2/c1-6-56-45-27(30-43-36(59-46-30)44-37(53)57-38(2,3)4)32(50)42-28-33(51)49-29(35(52)55-20-23-10-12-25(54-5)13-11-23)24(21-58-34(28)49)19-48-22-47(18-8-15-40-17-14-39)26-9-7-16-41-31(26)48/h7,9-13,16,22,28,34,40H,6,8,14-15,17-21,39H2,1-5H3,(H-,42,43,44,46,50,53)/p+1/b45-27-. The number of imidazole rings is 1. The van der Waals surface area contributed by atoms with Crippen molar-refractivity contribution >= 4 is 69.2 Å². The van der Waals surface area contributed by atoms with Crippen molar-refractivity contribution < 1.29 is 42.8 Å². The van der Waals surface area contributed by atoms with Crippen LogP contribution in [0.5, 0.6) is 5.75 Å². The number of thioether (sulfide) groups is 1. The van der Waals surface area contributed by atoms with Crippen molar-refractivity contribution in [1.29, 1.82) is 0 Å². The SMILES string of the molecule is CCO/N=C(\C(=O)NC1C(=O)N2C(C(=O)OCc3ccc(OC)cc3)=C(C[n+]3cn(CCCNCCN)c4cccnc43)CSC12)c1nsc(NC(=O)OC(C)(C)C)n1. The number of nitrogens with zero attached hydrogens (tertiary/aromatic N) is 7. The highest BCUT2D eigenvalue weighted by Gasteiger charge is 2.55. The number of ether oxygens (including phenoxy) is 3. The summed E-state index contributed by atoms with van der Waals surface area (Å²) in [5.74, 6) is -1.12. The van der Waals surface area contributed by atoms with Crippen LogP contribution in [-0.4, -0.2) is 110 Å². The maximum Gasteiger partial charge on any atom is 0.414 e. The molecule has 59 heavy (non-hydrogen) atoms. The minimum Gasteiger partial charge on any atom is -0.497 e. The first-order chi connectivity index (χ1) is 28.4. The molecule has 21 heteroatoms. The van der Waals surface area contributed by atoms with E-state index in [4.69, 9.17) is 24.8 Å². The van der Waals surface area contributed by atoms with Gasteiger partial charge in [-0.15, -0.1) is 16.7 Å². The van der Waals surface area contributed by atoms with Gasteiger partial charge in [0.25, 0.3) is 11.8 Å². The molecule has 0 aliphatic carbocycles. The van der Waals surface area contributed by atoms with E-state index in [-0.39, 0.29) is 42.1 Å². The number of esters is 1. The van der Waals surface area contributed by atoms with Gasteiger partial charge >= 0.3 is 17.7 Å². The number of fused-ring (bicyclic) bond motifs is 2. The van der Waals surface area contributed by atoms with Crippen LogP contribution in [0.15, 0.2) is 65.3 Å². The summed E-state index contributed by atoms with van der Waals surface area (Å²) < 4.78 is 24.6. The number of hydrogen-bond acceptors (Lipinski definition) is 16. The van der Waals surface area contributed by atoms with Crippen molar-refractivity contribution in [3.63, 3.8) is 0 Å². The van der Waals surface area contributed by atoms with Gasteiger partial charge < -0.3 is 35.4 Å². The number of amides is 3. The molecule has 1 aromatic carbocycles. The number of carbonyl (C=O) groups is 4. The maximum atomic E-state index is 14.1. The first kappa shape index (κ1) is 43.0. The minimum absolute atomic E-state index is 0.0471. The molecule has 0 spiro atoms. The van der Waals surface area contributed by atoms with Gasteiger partial charge in [0, 0.05) is 35.9 Å². The predicted molar refractivity (Wildman–Crippen MR) is 219 cm³/mol. The molecule has 1 fully saturated rings. The quantitative estimate of drug-likeness (QED) is 0.0281. The molecule has 2 aliphatic heterocycles. The van der Waals surface area contributed by atoms with Crippen LogP contribution in [0.1, 0.15) is 45.5 Å². The van der Waals surface area contributed by atoms with E-state index >= 15 is 0 Å². The molecule has 3 aromatic heterocycles. The van der Waals surface area contributed by atoms with E-state index in [9.17, 15) is 19.2 Å². The average Bonchev–Trinajstić information content (AvgIpc) is 3.82. The summed E-state index contributed by atoms with van der Waals surface area (Å²) >= 11 is 2.21. The van der Waals surface area contributed by atoms with Crippen LogP contribution in [0.3, 0.4) is 0 Å². The summed E-state index contributed by atoms with van der Waals surface area (Å²) in [6.45, 7) is 9.99. The minimum atomic E-state index is -1.03. The molecule has 2 unspecified atom stereocenters. The zero-order chi connectivity index (χ0) is 42.1. The van der Waals surface area contributed by atoms with Gasteiger partial charge in [0.2, 0.25) is 16.7 Å². The Kier molecular flexibility index (Phi) is 14.1. The highest BCUT2D eigenvalue weighted by atomic mass is 32.2. The third kappa shape index (κ3) is 10.5. The van der Waals surface area contributed by atoms with Gasteiger partial charge in [-0.3, -0.25) is 24.4 Å². The Morgan fingerprint density at radius 2 is 1.93 bits per heavy atom. The zero-order valence-corrected chi connectivity index (χ0v) is 35.1. The molecule has 19 nitrogen and oxygen atoms in total. The van der Waals surface area contributed by atoms with E-state index < -0.39 is 40.9 Å². The number of β-lactam (4-membered cyclic amide) rings is 1. The third-order valence-corrected chi connectivity index (χ3v) is 10.8. The Balaban J connectivity index is 1.24. The molecule has 5 N–H and O–H groups in total. The number of oxime groups is 1. The predicted octanol–water partition coefficient (Wildman–Crippen LogP) is 2.31. The number of hydrogen-bond donors (Lipinski definition) is 4. The Bertz CT molecular complexity index is 2220. The van der Waals surface area contributed by atoms with Gasteiger partial charge in [0.15, 0.2) is 11.8 Å². The molecule has 4 aromatic rings. The highest BCUT2D eigenvalue weighted by Crippen LogP contribution is 2.41. The number of nitrogens with one attached hydrogen (secondary N) is 3. The molecular formula is C38H48N11O8S2+. The van der Waals surface area contributed by atoms with Crippen molar-refractivity contribution in [2.75, 3.05) is 44.4 Å². The van der Waals surface area contributed by atoms with E-state index in [1.165, 1.54) is 16.7 Å². The number of nitrogens with two attached hydrogens (primary N) is 1. The van der Waals surface area contributed by atoms with Crippen molar-refractivity contribution in [3.8, 4) is 5.75 Å². The molecular weight excluding hydrogens is 803 g/mol. The lowest BCUT2D eigenvalue weighted by Crippen LogP contribution is -2.71. The Morgan fingerprint density at radius 3 is 2.66 bits per heavy atom. The van der Waals surface area contributed by atoms with Crippen LogP contribution in [0.2, 0.25) is 0 Å². The molecule has 3 amide bonds. The fourth-order valence-electron chi connectivity index (χ4n) is 6.24. The first-order valence-corrected chi connectivity index (χ1v) is 20.8. The van der Waals surface area contributed by atoms with Crippen molar-refractivity contribution in [3.05, 3.63) is 71.6 Å². The Morgan fingerprint density at radius 1 is 1.14 bits per heavy atom. The maximum absolute atomic E-state index is 14.1. The normalized spacial score (nSPS) is 16.7. The van der Waals surface area contributed by atoms with Crippen molar-refractivity contribution in [2.24, 2.45) is 10.9 Å². The van der Waals surface area contributed by atoms with Crippen LogP contribution >= 0.6 is 23.3 Å². The first-order valence-electron chi connectivity index (χ1n) is 19.0. The second kappa shape index (κ2) is 19.4. The van der Waals surface area contributed by atoms with Crippen LogP contribution in [0, 0.1) is 0 Å². The Labute approximate surface area is 348 Å². The highest BCUT2D eigenvalue weighted by molar-refractivity contribution is 8.00. The summed E-state index contributed by atoms with van der Waals surface area (Å²) in [5, 5.41) is 11.9. The lowest BCUT2D eigenvalue weighted by Gasteiger charge is -2.49. The zero-order valence-electron chi connectivity index (χ0n) is 33.4. The van der Waals surface area contributed by atoms with Crippen molar-refractivity contribution in [2.45, 2.75) is 70.8 Å². The molecule has 6 rings (SSSR count). The van der Waals surface area contributed by atoms with Gasteiger partial charge in [-0.2, -0.15) is 9.36 Å². The van der Waals surface area contributed by atoms with Crippen LogP contribution in [0.25, 0.3) is 11.2 Å². The lowest BCUT2D eigenvalue weighted by atomic mass is 10.0. The molecule has 1 saturated heterocycles. The summed E-state index contributed by atoms with van der Waals surface area (Å²) in [4.78, 5) is 69.7. The van der Waals surface area contributed by atoms with Crippen LogP contribution in [-0.2, 0) is 48.4 Å². The smallest absolute Gasteiger partial charge is 0.414 e. The summed E-state index contributed by atoms with van der Waals surface area (Å²) in [6, 6.07) is 9.95. The Hall–Kier alpha value is -5.64. The van der Waals surface area contributed by atoms with E-state index in [1.807, 2.05) is 23.0 Å². The molecule has 0 saturated carbocycles. The van der Waals surface area contributed by atoms with Gasteiger partial charge in [0.1, 0.15) is 47.9 Å². The van der Waals surface area contributed by atoms with Gasteiger partial charge in [-0.05, 0) is 70.5 Å². The lowest BCUT2D eigenvalue weighted by molar-refractivity contribution is -0.665. The van der Waals surface area contributed by atoms with Gasteiger partial charge in [-0.1, -0.05) is 17.3 Å². The number of benzene rings is 1. The fourth-order valence-corrected chi connectivity index (χ4v) is 8.13. The van der Waals surface area contributed by atoms with E-state index in [0.29, 0.717) is 29.3 Å². The summed E-state index contributed by atoms with van der Waals surface area (Å²) in [7, 11) is 1.57. The van der Waals surface area contributed by atoms with E-state index in [2.05, 4.69) is 40.0 Å². The third-order valence-electron chi connectivity index (χ3n) is 8.86. The number of aryl methyl sites for hydroxylation is 1. The summed E-state index contributed by atoms with van der Waals surface area (Å²) in [6.07, 6.45) is 3.79. The topological polar surface area (TPSA) is 230 Å². The molecule has 0 radical (unpaired) electrons. The molecule has 2 aliphatic rings. The molecule has 314 valence electrons. The van der Waals surface area contributed by atoms with E-state index in [0.717, 1.165) is 48.7 Å². The second-order valence-electron chi connectivity index (χ2n) is 14.3. The largest absolute Gasteiger partial charge is 0.497 e.